The van der Waals surface area contributed by atoms with Crippen molar-refractivity contribution in [1.82, 2.24) is 4.98 Å². The molecule has 1 atom stereocenters. The highest BCUT2D eigenvalue weighted by molar-refractivity contribution is 5.74. The van der Waals surface area contributed by atoms with E-state index in [2.05, 4.69) is 9.88 Å². The summed E-state index contributed by atoms with van der Waals surface area (Å²) in [6.45, 7) is 5.08. The van der Waals surface area contributed by atoms with Crippen LogP contribution in [0.1, 0.15) is 32.4 Å². The molecule has 1 aliphatic rings. The molecule has 0 aliphatic carbocycles. The molecular formula is C15H19N3O2. The van der Waals surface area contributed by atoms with E-state index >= 15 is 0 Å². The summed E-state index contributed by atoms with van der Waals surface area (Å²) in [6, 6.07) is 7.39. The van der Waals surface area contributed by atoms with E-state index in [9.17, 15) is 9.90 Å². The van der Waals surface area contributed by atoms with Gasteiger partial charge in [0.15, 0.2) is 0 Å². The van der Waals surface area contributed by atoms with Crippen LogP contribution in [-0.4, -0.2) is 29.1 Å². The number of hydrogen-bond acceptors (Lipinski definition) is 4. The number of carboxylic acids is 1. The minimum Gasteiger partial charge on any atom is -0.481 e. The van der Waals surface area contributed by atoms with Gasteiger partial charge in [-0.2, -0.15) is 5.26 Å². The average Bonchev–Trinajstić information content (AvgIpc) is 2.47. The number of nitrogens with zero attached hydrogens (tertiary/aromatic N) is 3. The number of anilines is 1. The number of hydrogen-bond donors (Lipinski definition) is 1. The van der Waals surface area contributed by atoms with Gasteiger partial charge in [0.1, 0.15) is 17.6 Å². The molecule has 1 aromatic heterocycles. The summed E-state index contributed by atoms with van der Waals surface area (Å²) in [5.41, 5.74) is -0.354. The molecule has 0 aromatic carbocycles. The maximum atomic E-state index is 11.4. The first-order valence-electron chi connectivity index (χ1n) is 6.80. The second-order valence-corrected chi connectivity index (χ2v) is 5.80. The standard InChI is InChI=1S/C15H19N3O2/c1-15(2,14(19)20)11-5-4-8-18(10-11)13-7-3-6-12(9-16)17-13/h3,6-7,11H,4-5,8,10H2,1-2H3,(H,19,20). The van der Waals surface area contributed by atoms with Gasteiger partial charge in [-0.05, 0) is 44.7 Å². The normalized spacial score (nSPS) is 19.4. The zero-order valence-electron chi connectivity index (χ0n) is 11.8. The first-order chi connectivity index (χ1) is 9.45. The number of carbonyl (C=O) groups is 1. The van der Waals surface area contributed by atoms with Crippen LogP contribution in [0.15, 0.2) is 18.2 Å². The van der Waals surface area contributed by atoms with Gasteiger partial charge in [-0.3, -0.25) is 4.79 Å². The van der Waals surface area contributed by atoms with E-state index < -0.39 is 11.4 Å². The van der Waals surface area contributed by atoms with Gasteiger partial charge in [0.05, 0.1) is 5.41 Å². The molecule has 5 heteroatoms. The first-order valence-corrected chi connectivity index (χ1v) is 6.80. The summed E-state index contributed by atoms with van der Waals surface area (Å²) in [4.78, 5) is 17.8. The van der Waals surface area contributed by atoms with Gasteiger partial charge >= 0.3 is 5.97 Å². The molecule has 2 rings (SSSR count). The Kier molecular flexibility index (Phi) is 3.93. The van der Waals surface area contributed by atoms with Crippen LogP contribution in [0.2, 0.25) is 0 Å². The highest BCUT2D eigenvalue weighted by Crippen LogP contribution is 2.35. The Morgan fingerprint density at radius 1 is 1.55 bits per heavy atom. The van der Waals surface area contributed by atoms with Crippen LogP contribution < -0.4 is 4.90 Å². The van der Waals surface area contributed by atoms with Crippen molar-refractivity contribution < 1.29 is 9.90 Å². The second-order valence-electron chi connectivity index (χ2n) is 5.80. The highest BCUT2D eigenvalue weighted by atomic mass is 16.4. The fourth-order valence-electron chi connectivity index (χ4n) is 2.61. The van der Waals surface area contributed by atoms with E-state index in [-0.39, 0.29) is 5.92 Å². The second kappa shape index (κ2) is 5.49. The van der Waals surface area contributed by atoms with E-state index in [1.165, 1.54) is 0 Å². The molecule has 20 heavy (non-hydrogen) atoms. The number of rotatable bonds is 3. The van der Waals surface area contributed by atoms with Crippen LogP contribution in [0.25, 0.3) is 0 Å². The lowest BCUT2D eigenvalue weighted by atomic mass is 9.74. The lowest BCUT2D eigenvalue weighted by Crippen LogP contribution is -2.45. The smallest absolute Gasteiger partial charge is 0.309 e. The molecule has 0 amide bonds. The molecule has 106 valence electrons. The Morgan fingerprint density at radius 2 is 2.30 bits per heavy atom. The number of carboxylic acid groups (broad SMARTS) is 1. The van der Waals surface area contributed by atoms with Gasteiger partial charge in [-0.15, -0.1) is 0 Å². The minimum atomic E-state index is -0.761. The molecule has 1 saturated heterocycles. The largest absolute Gasteiger partial charge is 0.481 e. The van der Waals surface area contributed by atoms with Gasteiger partial charge in [-0.25, -0.2) is 4.98 Å². The molecule has 1 aromatic rings. The quantitative estimate of drug-likeness (QED) is 0.914. The Labute approximate surface area is 118 Å². The number of aliphatic carboxylic acids is 1. The maximum absolute atomic E-state index is 11.4. The van der Waals surface area contributed by atoms with E-state index in [1.54, 1.807) is 19.9 Å². The van der Waals surface area contributed by atoms with E-state index in [0.29, 0.717) is 12.2 Å². The summed E-state index contributed by atoms with van der Waals surface area (Å²) >= 11 is 0. The third kappa shape index (κ3) is 2.74. The van der Waals surface area contributed by atoms with E-state index in [0.717, 1.165) is 25.2 Å². The molecule has 1 aliphatic heterocycles. The van der Waals surface area contributed by atoms with Crippen LogP contribution in [0.4, 0.5) is 5.82 Å². The topological polar surface area (TPSA) is 77.2 Å². The van der Waals surface area contributed by atoms with Crippen molar-refractivity contribution in [2.45, 2.75) is 26.7 Å². The number of pyridine rings is 1. The molecule has 1 unspecified atom stereocenters. The fourth-order valence-corrected chi connectivity index (χ4v) is 2.61. The van der Waals surface area contributed by atoms with E-state index in [1.807, 2.05) is 18.2 Å². The summed E-state index contributed by atoms with van der Waals surface area (Å²) in [5.74, 6) is 0.0827. The summed E-state index contributed by atoms with van der Waals surface area (Å²) in [5, 5.41) is 18.3. The summed E-state index contributed by atoms with van der Waals surface area (Å²) < 4.78 is 0. The minimum absolute atomic E-state index is 0.0845. The maximum Gasteiger partial charge on any atom is 0.309 e. The van der Waals surface area contributed by atoms with Crippen molar-refractivity contribution in [3.05, 3.63) is 23.9 Å². The third-order valence-corrected chi connectivity index (χ3v) is 4.17. The van der Waals surface area contributed by atoms with Crippen LogP contribution in [-0.2, 0) is 4.79 Å². The Bertz CT molecular complexity index is 548. The van der Waals surface area contributed by atoms with Crippen molar-refractivity contribution in [3.63, 3.8) is 0 Å². The van der Waals surface area contributed by atoms with Crippen molar-refractivity contribution >= 4 is 11.8 Å². The lowest BCUT2D eigenvalue weighted by Gasteiger charge is -2.39. The monoisotopic (exact) mass is 273 g/mol. The van der Waals surface area contributed by atoms with Gasteiger partial charge in [0.2, 0.25) is 0 Å². The van der Waals surface area contributed by atoms with Crippen LogP contribution in [0, 0.1) is 22.7 Å². The van der Waals surface area contributed by atoms with Crippen molar-refractivity contribution in [2.24, 2.45) is 11.3 Å². The molecule has 1 fully saturated rings. The molecule has 0 spiro atoms. The lowest BCUT2D eigenvalue weighted by molar-refractivity contribution is -0.150. The zero-order valence-corrected chi connectivity index (χ0v) is 11.8. The fraction of sp³-hybridized carbons (Fsp3) is 0.533. The predicted octanol–water partition coefficient (Wildman–Crippen LogP) is 2.28. The zero-order chi connectivity index (χ0) is 14.8. The average molecular weight is 273 g/mol. The molecule has 1 N–H and O–H groups in total. The number of nitriles is 1. The Balaban J connectivity index is 2.18. The van der Waals surface area contributed by atoms with Crippen LogP contribution in [0.3, 0.4) is 0 Å². The third-order valence-electron chi connectivity index (χ3n) is 4.17. The van der Waals surface area contributed by atoms with Gasteiger partial charge in [0.25, 0.3) is 0 Å². The Morgan fingerprint density at radius 3 is 2.95 bits per heavy atom. The van der Waals surface area contributed by atoms with Crippen molar-refractivity contribution in [3.8, 4) is 6.07 Å². The predicted molar refractivity (Wildman–Crippen MR) is 75.3 cm³/mol. The van der Waals surface area contributed by atoms with Gasteiger partial charge in [-0.1, -0.05) is 6.07 Å². The highest BCUT2D eigenvalue weighted by Gasteiger charge is 2.39. The molecule has 2 heterocycles. The van der Waals surface area contributed by atoms with Gasteiger partial charge < -0.3 is 10.0 Å². The van der Waals surface area contributed by atoms with Crippen molar-refractivity contribution in [2.75, 3.05) is 18.0 Å². The molecule has 5 nitrogen and oxygen atoms in total. The molecule has 0 radical (unpaired) electrons. The first kappa shape index (κ1) is 14.3. The van der Waals surface area contributed by atoms with Gasteiger partial charge in [0, 0.05) is 13.1 Å². The number of piperidine rings is 1. The van der Waals surface area contributed by atoms with Crippen LogP contribution >= 0.6 is 0 Å². The summed E-state index contributed by atoms with van der Waals surface area (Å²) in [7, 11) is 0. The SMILES string of the molecule is CC(C)(C(=O)O)C1CCCN(c2cccc(C#N)n2)C1. The van der Waals surface area contributed by atoms with Crippen LogP contribution in [0.5, 0.6) is 0 Å². The number of aromatic nitrogens is 1. The summed E-state index contributed by atoms with van der Waals surface area (Å²) in [6.07, 6.45) is 1.85. The molecule has 0 saturated carbocycles. The van der Waals surface area contributed by atoms with E-state index in [4.69, 9.17) is 5.26 Å². The van der Waals surface area contributed by atoms with Crippen molar-refractivity contribution in [1.29, 1.82) is 5.26 Å². The molecule has 0 bridgehead atoms. The Hall–Kier alpha value is -2.09. The molecular weight excluding hydrogens is 254 g/mol.